The lowest BCUT2D eigenvalue weighted by atomic mass is 9.33. The van der Waals surface area contributed by atoms with Gasteiger partial charge in [0.25, 0.3) is 6.71 Å². The number of fused-ring (bicyclic) bond motifs is 13. The quantitative estimate of drug-likeness (QED) is 0.114. The van der Waals surface area contributed by atoms with Crippen molar-refractivity contribution in [1.82, 2.24) is 13.7 Å². The maximum absolute atomic E-state index is 9.87. The van der Waals surface area contributed by atoms with E-state index in [4.69, 9.17) is 2.74 Å². The van der Waals surface area contributed by atoms with Crippen molar-refractivity contribution >= 4 is 117 Å². The van der Waals surface area contributed by atoms with Crippen LogP contribution in [0.25, 0.3) is 138 Å². The minimum absolute atomic E-state index is 0.0181. The van der Waals surface area contributed by atoms with E-state index < -0.39 is 30.9 Å². The van der Waals surface area contributed by atoms with Crippen molar-refractivity contribution in [3.63, 3.8) is 0 Å². The molecule has 19 aromatic rings. The van der Waals surface area contributed by atoms with Crippen molar-refractivity contribution in [3.05, 3.63) is 380 Å². The van der Waals surface area contributed by atoms with E-state index in [9.17, 15) is 8.22 Å². The molecule has 3 aromatic heterocycles. The van der Waals surface area contributed by atoms with Gasteiger partial charge in [-0.2, -0.15) is 0 Å². The molecule has 2 aliphatic rings. The van der Waals surface area contributed by atoms with E-state index >= 15 is 0 Å². The molecule has 0 amide bonds. The van der Waals surface area contributed by atoms with Crippen molar-refractivity contribution in [1.29, 1.82) is 0 Å². The molecule has 0 radical (unpaired) electrons. The second kappa shape index (κ2) is 26.1. The van der Waals surface area contributed by atoms with Crippen molar-refractivity contribution in [2.75, 3.05) is 16.3 Å². The number of hydrogen-bond acceptors (Lipinski definition) is 2. The van der Waals surface area contributed by atoms with Crippen molar-refractivity contribution in [2.24, 2.45) is 0 Å². The number of hydrogen-bond donors (Lipinski definition) is 0. The first-order valence-corrected chi connectivity index (χ1v) is 38.9. The first-order valence-electron chi connectivity index (χ1n) is 42.9. The van der Waals surface area contributed by atoms with Crippen LogP contribution < -0.4 is 26.2 Å². The molecule has 0 saturated heterocycles. The van der Waals surface area contributed by atoms with Crippen molar-refractivity contribution in [3.8, 4) is 72.7 Å². The van der Waals surface area contributed by atoms with Gasteiger partial charge in [-0.3, -0.25) is 0 Å². The highest BCUT2D eigenvalue weighted by molar-refractivity contribution is 7.00. The fraction of sp³-hybridized carbons (Fsp3) is 0.0943. The van der Waals surface area contributed by atoms with E-state index in [0.717, 1.165) is 150 Å². The van der Waals surface area contributed by atoms with Crippen LogP contribution in [0.4, 0.5) is 28.4 Å². The van der Waals surface area contributed by atoms with E-state index in [0.29, 0.717) is 18.7 Å². The summed E-state index contributed by atoms with van der Waals surface area (Å²) in [6.07, 6.45) is 0.540. The summed E-state index contributed by atoms with van der Waals surface area (Å²) in [6.45, 7) is 13.7. The molecule has 5 nitrogen and oxygen atoms in total. The first-order chi connectivity index (χ1) is 58.1. The highest BCUT2D eigenvalue weighted by atomic mass is 15.2. The topological polar surface area (TPSA) is 21.3 Å². The van der Waals surface area contributed by atoms with Crippen LogP contribution in [0.2, 0.25) is 0 Å². The minimum atomic E-state index is -0.495. The minimum Gasteiger partial charge on any atom is -0.342 e. The van der Waals surface area contributed by atoms with E-state index in [-0.39, 0.29) is 56.8 Å². The molecule has 0 fully saturated rings. The molecule has 0 unspecified atom stereocenters. The maximum atomic E-state index is 9.87. The van der Waals surface area contributed by atoms with Crippen LogP contribution in [-0.2, 0) is 17.3 Å². The molecule has 0 bridgehead atoms. The summed E-state index contributed by atoms with van der Waals surface area (Å²) in [5.41, 5.74) is 28.6. The van der Waals surface area contributed by atoms with Crippen LogP contribution >= 0.6 is 0 Å². The predicted molar refractivity (Wildman–Crippen MR) is 477 cm³/mol. The van der Waals surface area contributed by atoms with Gasteiger partial charge in [0, 0.05) is 78.7 Å². The number of benzene rings is 16. The Morgan fingerprint density at radius 2 is 0.688 bits per heavy atom. The highest BCUT2D eigenvalue weighted by Crippen LogP contribution is 2.49. The van der Waals surface area contributed by atoms with Gasteiger partial charge >= 0.3 is 0 Å². The number of rotatable bonds is 12. The number of aromatic nitrogens is 3. The highest BCUT2D eigenvalue weighted by Gasteiger charge is 2.44. The molecule has 16 aromatic carbocycles. The fourth-order valence-electron chi connectivity index (χ4n) is 17.9. The summed E-state index contributed by atoms with van der Waals surface area (Å²) in [4.78, 5) is 5.02. The third-order valence-electron chi connectivity index (χ3n) is 23.4. The van der Waals surface area contributed by atoms with Crippen LogP contribution in [0.1, 0.15) is 69.2 Å². The summed E-state index contributed by atoms with van der Waals surface area (Å²) in [5.74, 6) is 0. The molecular formula is C106H82BN5. The molecule has 2 aliphatic heterocycles. The Bertz CT molecular complexity index is 7210. The Balaban J connectivity index is 0.898. The molecule has 112 heavy (non-hydrogen) atoms. The van der Waals surface area contributed by atoms with E-state index in [1.807, 2.05) is 6.07 Å². The average Bonchev–Trinajstić information content (AvgIpc) is 1.03. The fourth-order valence-corrected chi connectivity index (χ4v) is 17.9. The SMILES string of the molecule is [2H]c1c([2H])c([2H])c2c(c1[2H])c1c([2H])c([2H])c([2H])c([2H])c1n2-c1ccc2c(c1)N(CCc1cc(-c3ccccc3)cc(-c3ccccc3)c1)c1cc(-n3c4ccccc4c4cc(-n5c6ccccc6c6ccccc65)ccc43)cc3c1B2c1ccc(-c2cc(C(C)(C)C)cc(C(C)(C)C)c2)cc1N3c1cc(-c2ccccc2)cc(-c2ccccc2)c1. The Kier molecular flexibility index (Phi) is 13.7. The lowest BCUT2D eigenvalue weighted by molar-refractivity contribution is 0.569. The van der Waals surface area contributed by atoms with Gasteiger partial charge in [-0.1, -0.05) is 302 Å². The molecule has 534 valence electrons. The van der Waals surface area contributed by atoms with Crippen LogP contribution in [0.5, 0.6) is 0 Å². The molecule has 0 saturated carbocycles. The van der Waals surface area contributed by atoms with Gasteiger partial charge in [0.1, 0.15) is 0 Å². The second-order valence-electron chi connectivity index (χ2n) is 32.2. The van der Waals surface area contributed by atoms with Gasteiger partial charge < -0.3 is 23.5 Å². The predicted octanol–water partition coefficient (Wildman–Crippen LogP) is 25.9. The molecule has 5 heterocycles. The molecule has 0 N–H and O–H groups in total. The van der Waals surface area contributed by atoms with Crippen molar-refractivity contribution < 1.29 is 11.0 Å². The van der Waals surface area contributed by atoms with Gasteiger partial charge in [0.15, 0.2) is 0 Å². The first kappa shape index (κ1) is 58.6. The summed E-state index contributed by atoms with van der Waals surface area (Å²) >= 11 is 0. The largest absolute Gasteiger partial charge is 0.342 e. The Hall–Kier alpha value is -13.4. The van der Waals surface area contributed by atoms with Crippen LogP contribution in [0, 0.1) is 0 Å². The zero-order valence-electron chi connectivity index (χ0n) is 71.2. The Morgan fingerprint density at radius 1 is 0.277 bits per heavy atom. The van der Waals surface area contributed by atoms with Crippen molar-refractivity contribution in [2.45, 2.75) is 58.8 Å². The summed E-state index contributed by atoms with van der Waals surface area (Å²) in [5, 5.41) is 4.57. The molecule has 0 atom stereocenters. The summed E-state index contributed by atoms with van der Waals surface area (Å²) in [7, 11) is 0. The third-order valence-corrected chi connectivity index (χ3v) is 23.4. The summed E-state index contributed by atoms with van der Waals surface area (Å²) < 4.78 is 82.3. The van der Waals surface area contributed by atoms with Gasteiger partial charge in [0.05, 0.1) is 49.8 Å². The standard InChI is InChI=1S/C106H82BN5/c1-105(2,3)80-59-79(60-81(64-80)106(4,5)6)74-47-50-93-101(63-74)112(84-61-77(72-33-15-9-16-34-72)58-78(62-84)73-35-17-10-18-36-73)103-68-85(111-98-46-28-23-41-90(98)91-65-82(49-52-99(91)111)109-94-42-24-19-37-86(94)87-38-20-25-43-95(87)109)67-102-104(103)107(93)92-51-48-83(110-96-44-26-21-39-88(96)89-40-22-27-45-97(89)110)66-100(92)108(102)54-53-69-55-75(70-29-11-7-12-30-70)57-76(56-69)71-31-13-8-14-32-71/h7-52,55-68H,53-54H2,1-6H3/i21D,22D,26D,27D,39D,40D,44D,45D. The number of anilines is 5. The Labute approximate surface area is 666 Å². The second-order valence-corrected chi connectivity index (χ2v) is 32.2. The molecule has 0 spiro atoms. The zero-order chi connectivity index (χ0) is 82.1. The van der Waals surface area contributed by atoms with Gasteiger partial charge in [-0.25, -0.2) is 0 Å². The van der Waals surface area contributed by atoms with E-state index in [1.165, 1.54) is 21.9 Å². The van der Waals surface area contributed by atoms with Crippen LogP contribution in [0.3, 0.4) is 0 Å². The van der Waals surface area contributed by atoms with Gasteiger partial charge in [-0.15, -0.1) is 0 Å². The maximum Gasteiger partial charge on any atom is 0.252 e. The van der Waals surface area contributed by atoms with E-state index in [2.05, 4.69) is 370 Å². The normalized spacial score (nSPS) is 13.8. The smallest absolute Gasteiger partial charge is 0.252 e. The van der Waals surface area contributed by atoms with Crippen LogP contribution in [0.15, 0.2) is 364 Å². The lowest BCUT2D eigenvalue weighted by Gasteiger charge is -2.45. The number of nitrogens with zero attached hydrogens (tertiary/aromatic N) is 5. The number of para-hydroxylation sites is 5. The Morgan fingerprint density at radius 3 is 1.22 bits per heavy atom. The van der Waals surface area contributed by atoms with E-state index in [1.54, 1.807) is 4.57 Å². The van der Waals surface area contributed by atoms with Gasteiger partial charge in [0.2, 0.25) is 0 Å². The molecule has 0 aliphatic carbocycles. The monoisotopic (exact) mass is 1440 g/mol. The molecule has 21 rings (SSSR count). The third kappa shape index (κ3) is 11.1. The molecule has 6 heteroatoms. The summed E-state index contributed by atoms with van der Waals surface area (Å²) in [6, 6.07) is 111. The average molecular weight is 1440 g/mol. The lowest BCUT2D eigenvalue weighted by Crippen LogP contribution is -2.62. The zero-order valence-corrected chi connectivity index (χ0v) is 63.2. The van der Waals surface area contributed by atoms with Crippen LogP contribution in [-0.4, -0.2) is 27.0 Å². The molecular weight excluding hydrogens is 1350 g/mol. The van der Waals surface area contributed by atoms with Gasteiger partial charge in [-0.05, 0) is 209 Å².